The first-order valence-corrected chi connectivity index (χ1v) is 6.48. The van der Waals surface area contributed by atoms with Gasteiger partial charge in [-0.1, -0.05) is 23.4 Å². The molecule has 2 rings (SSSR count). The van der Waals surface area contributed by atoms with Crippen molar-refractivity contribution in [2.24, 2.45) is 4.99 Å². The smallest absolute Gasteiger partial charge is 0.259 e. The summed E-state index contributed by atoms with van der Waals surface area (Å²) in [4.78, 5) is 16.1. The highest BCUT2D eigenvalue weighted by Gasteiger charge is 2.16. The largest absolute Gasteiger partial charge is 0.398 e. The van der Waals surface area contributed by atoms with Crippen molar-refractivity contribution in [3.8, 4) is 0 Å². The molecule has 0 atom stereocenters. The van der Waals surface area contributed by atoms with Gasteiger partial charge >= 0.3 is 0 Å². The lowest BCUT2D eigenvalue weighted by molar-refractivity contribution is 0.0979. The molecule has 1 aliphatic rings. The van der Waals surface area contributed by atoms with Crippen LogP contribution in [0.15, 0.2) is 17.1 Å². The minimum Gasteiger partial charge on any atom is -0.398 e. The van der Waals surface area contributed by atoms with Gasteiger partial charge in [-0.25, -0.2) is 0 Å². The van der Waals surface area contributed by atoms with Crippen LogP contribution < -0.4 is 11.1 Å². The first kappa shape index (κ1) is 12.3. The van der Waals surface area contributed by atoms with E-state index in [-0.39, 0.29) is 5.91 Å². The normalized spacial score (nSPS) is 14.6. The van der Waals surface area contributed by atoms with Crippen molar-refractivity contribution < 1.29 is 4.79 Å². The van der Waals surface area contributed by atoms with Crippen molar-refractivity contribution in [2.45, 2.75) is 6.92 Å². The van der Waals surface area contributed by atoms with E-state index < -0.39 is 0 Å². The summed E-state index contributed by atoms with van der Waals surface area (Å²) in [6.45, 7) is 2.56. The first-order chi connectivity index (χ1) is 8.08. The molecule has 0 aliphatic carbocycles. The lowest BCUT2D eigenvalue weighted by Crippen LogP contribution is -2.28. The van der Waals surface area contributed by atoms with E-state index >= 15 is 0 Å². The SMILES string of the molecule is Cc1cc(Cl)cc(C(=O)NC2=NCCS2)c1N. The molecule has 1 aromatic rings. The highest BCUT2D eigenvalue weighted by Crippen LogP contribution is 2.23. The number of rotatable bonds is 1. The Labute approximate surface area is 109 Å². The molecule has 1 aliphatic heterocycles. The van der Waals surface area contributed by atoms with E-state index in [0.29, 0.717) is 21.4 Å². The zero-order valence-electron chi connectivity index (χ0n) is 9.29. The van der Waals surface area contributed by atoms with Gasteiger partial charge in [0.05, 0.1) is 12.1 Å². The summed E-state index contributed by atoms with van der Waals surface area (Å²) in [7, 11) is 0. The molecular weight excluding hydrogens is 258 g/mol. The Balaban J connectivity index is 2.24. The Kier molecular flexibility index (Phi) is 3.59. The van der Waals surface area contributed by atoms with Crippen molar-refractivity contribution in [3.05, 3.63) is 28.3 Å². The monoisotopic (exact) mass is 269 g/mol. The van der Waals surface area contributed by atoms with E-state index in [9.17, 15) is 4.79 Å². The molecule has 1 heterocycles. The second-order valence-electron chi connectivity index (χ2n) is 3.67. The van der Waals surface area contributed by atoms with Gasteiger partial charge in [0.25, 0.3) is 5.91 Å². The summed E-state index contributed by atoms with van der Waals surface area (Å²) < 4.78 is 0. The Morgan fingerprint density at radius 1 is 1.59 bits per heavy atom. The molecule has 0 spiro atoms. The maximum atomic E-state index is 12.0. The maximum Gasteiger partial charge on any atom is 0.259 e. The number of anilines is 1. The maximum absolute atomic E-state index is 12.0. The molecule has 0 saturated carbocycles. The third-order valence-electron chi connectivity index (χ3n) is 2.40. The number of thioether (sulfide) groups is 1. The molecule has 0 bridgehead atoms. The number of hydrogen-bond acceptors (Lipinski definition) is 4. The number of nitrogens with one attached hydrogen (secondary N) is 1. The highest BCUT2D eigenvalue weighted by molar-refractivity contribution is 8.14. The Morgan fingerprint density at radius 3 is 3.00 bits per heavy atom. The third kappa shape index (κ3) is 2.73. The summed E-state index contributed by atoms with van der Waals surface area (Å²) in [5.41, 5.74) is 7.50. The number of aliphatic imine (C=N–C) groups is 1. The highest BCUT2D eigenvalue weighted by atomic mass is 35.5. The molecule has 17 heavy (non-hydrogen) atoms. The number of benzene rings is 1. The van der Waals surface area contributed by atoms with Gasteiger partial charge in [0.15, 0.2) is 5.17 Å². The van der Waals surface area contributed by atoms with E-state index in [1.807, 2.05) is 6.92 Å². The molecule has 0 fully saturated rings. The molecule has 3 N–H and O–H groups in total. The van der Waals surface area contributed by atoms with E-state index in [1.54, 1.807) is 12.1 Å². The molecule has 0 unspecified atom stereocenters. The van der Waals surface area contributed by atoms with Gasteiger partial charge in [-0.2, -0.15) is 0 Å². The number of nitrogens with zero attached hydrogens (tertiary/aromatic N) is 1. The second kappa shape index (κ2) is 4.98. The predicted molar refractivity (Wildman–Crippen MR) is 72.8 cm³/mol. The van der Waals surface area contributed by atoms with Crippen molar-refractivity contribution in [1.29, 1.82) is 0 Å². The molecule has 0 aromatic heterocycles. The lowest BCUT2D eigenvalue weighted by Gasteiger charge is -2.09. The molecule has 6 heteroatoms. The van der Waals surface area contributed by atoms with Gasteiger partial charge in [-0.15, -0.1) is 0 Å². The van der Waals surface area contributed by atoms with Crippen LogP contribution in [-0.4, -0.2) is 23.4 Å². The number of hydrogen-bond donors (Lipinski definition) is 2. The Morgan fingerprint density at radius 2 is 2.35 bits per heavy atom. The van der Waals surface area contributed by atoms with Crippen LogP contribution in [0.4, 0.5) is 5.69 Å². The van der Waals surface area contributed by atoms with Crippen LogP contribution in [0.2, 0.25) is 5.02 Å². The fraction of sp³-hybridized carbons (Fsp3) is 0.273. The number of halogens is 1. The van der Waals surface area contributed by atoms with Gasteiger partial charge < -0.3 is 11.1 Å². The molecule has 4 nitrogen and oxygen atoms in total. The topological polar surface area (TPSA) is 67.5 Å². The fourth-order valence-electron chi connectivity index (χ4n) is 1.52. The number of amides is 1. The zero-order valence-corrected chi connectivity index (χ0v) is 10.9. The van der Waals surface area contributed by atoms with E-state index in [1.165, 1.54) is 11.8 Å². The quantitative estimate of drug-likeness (QED) is 0.767. The second-order valence-corrected chi connectivity index (χ2v) is 5.19. The van der Waals surface area contributed by atoms with E-state index in [0.717, 1.165) is 17.9 Å². The van der Waals surface area contributed by atoms with Crippen molar-refractivity contribution in [3.63, 3.8) is 0 Å². The minimum atomic E-state index is -0.263. The van der Waals surface area contributed by atoms with Gasteiger partial charge in [-0.3, -0.25) is 9.79 Å². The van der Waals surface area contributed by atoms with Crippen LogP contribution >= 0.6 is 23.4 Å². The van der Waals surface area contributed by atoms with Gasteiger partial charge in [0.1, 0.15) is 0 Å². The van der Waals surface area contributed by atoms with Crippen molar-refractivity contribution in [1.82, 2.24) is 5.32 Å². The van der Waals surface area contributed by atoms with Crippen LogP contribution in [0.3, 0.4) is 0 Å². The number of carbonyl (C=O) groups is 1. The molecule has 1 amide bonds. The number of nitrogen functional groups attached to an aromatic ring is 1. The molecule has 90 valence electrons. The number of carbonyl (C=O) groups excluding carboxylic acids is 1. The molecular formula is C11H12ClN3OS. The molecule has 0 saturated heterocycles. The summed E-state index contributed by atoms with van der Waals surface area (Å²) in [5, 5.41) is 3.87. The van der Waals surface area contributed by atoms with Gasteiger partial charge in [0, 0.05) is 16.5 Å². The van der Waals surface area contributed by atoms with E-state index in [2.05, 4.69) is 10.3 Å². The summed E-state index contributed by atoms with van der Waals surface area (Å²) >= 11 is 7.44. The first-order valence-electron chi connectivity index (χ1n) is 5.12. The van der Waals surface area contributed by atoms with Gasteiger partial charge in [-0.05, 0) is 24.6 Å². The zero-order chi connectivity index (χ0) is 12.4. The van der Waals surface area contributed by atoms with Crippen molar-refractivity contribution in [2.75, 3.05) is 18.0 Å². The van der Waals surface area contributed by atoms with Crippen LogP contribution in [0.5, 0.6) is 0 Å². The third-order valence-corrected chi connectivity index (χ3v) is 3.51. The summed E-state index contributed by atoms with van der Waals surface area (Å²) in [5.74, 6) is 0.640. The number of aryl methyl sites for hydroxylation is 1. The molecule has 1 aromatic carbocycles. The van der Waals surface area contributed by atoms with Crippen LogP contribution in [-0.2, 0) is 0 Å². The standard InChI is InChI=1S/C11H12ClN3OS/c1-6-4-7(12)5-8(9(6)13)10(16)15-11-14-2-3-17-11/h4-5H,2-3,13H2,1H3,(H,14,15,16). The molecule has 0 radical (unpaired) electrons. The average molecular weight is 270 g/mol. The van der Waals surface area contributed by atoms with Gasteiger partial charge in [0.2, 0.25) is 0 Å². The summed E-state index contributed by atoms with van der Waals surface area (Å²) in [6, 6.07) is 3.30. The number of nitrogens with two attached hydrogens (primary N) is 1. The predicted octanol–water partition coefficient (Wildman–Crippen LogP) is 2.06. The van der Waals surface area contributed by atoms with Crippen LogP contribution in [0.25, 0.3) is 0 Å². The average Bonchev–Trinajstić information content (AvgIpc) is 2.76. The Hall–Kier alpha value is -1.20. The van der Waals surface area contributed by atoms with Crippen LogP contribution in [0, 0.1) is 6.92 Å². The minimum absolute atomic E-state index is 0.263. The Bertz CT molecular complexity index is 502. The van der Waals surface area contributed by atoms with Crippen LogP contribution in [0.1, 0.15) is 15.9 Å². The lowest BCUT2D eigenvalue weighted by atomic mass is 10.1. The van der Waals surface area contributed by atoms with Crippen molar-refractivity contribution >= 4 is 40.1 Å². The fourth-order valence-corrected chi connectivity index (χ4v) is 2.51. The summed E-state index contributed by atoms with van der Waals surface area (Å²) in [6.07, 6.45) is 0. The number of amidine groups is 1. The van der Waals surface area contributed by atoms with E-state index in [4.69, 9.17) is 17.3 Å².